The highest BCUT2D eigenvalue weighted by Crippen LogP contribution is 2.66. The van der Waals surface area contributed by atoms with Gasteiger partial charge in [-0.25, -0.2) is 4.79 Å². The maximum Gasteiger partial charge on any atom is 0.326 e. The van der Waals surface area contributed by atoms with Crippen molar-refractivity contribution in [2.45, 2.75) is 96.1 Å². The van der Waals surface area contributed by atoms with Gasteiger partial charge in [0.25, 0.3) is 0 Å². The average Bonchev–Trinajstić information content (AvgIpc) is 3.19. The summed E-state index contributed by atoms with van der Waals surface area (Å²) in [5.41, 5.74) is 2.78. The van der Waals surface area contributed by atoms with Crippen molar-refractivity contribution in [3.8, 4) is 0 Å². The molecule has 4 rings (SSSR count). The van der Waals surface area contributed by atoms with E-state index in [0.717, 1.165) is 5.57 Å². The molecule has 3 saturated carbocycles. The van der Waals surface area contributed by atoms with Crippen LogP contribution < -0.4 is 11.1 Å². The van der Waals surface area contributed by atoms with Gasteiger partial charge in [0.1, 0.15) is 17.4 Å². The number of carboxylic acids is 1. The Kier molecular flexibility index (Phi) is 8.78. The number of aliphatic hydroxyl groups is 1. The molecule has 230 valence electrons. The number of primary amides is 1. The molecule has 12 nitrogen and oxygen atoms in total. The van der Waals surface area contributed by atoms with Crippen LogP contribution in [-0.4, -0.2) is 69.6 Å². The topological polar surface area (TPSA) is 207 Å². The summed E-state index contributed by atoms with van der Waals surface area (Å²) in [6, 6.07) is -1.35. The Labute approximate surface area is 243 Å². The van der Waals surface area contributed by atoms with E-state index in [1.54, 1.807) is 13.0 Å². The lowest BCUT2D eigenvalue weighted by Gasteiger charge is -2.57. The van der Waals surface area contributed by atoms with Crippen LogP contribution in [0.5, 0.6) is 0 Å². The van der Waals surface area contributed by atoms with Crippen molar-refractivity contribution in [1.82, 2.24) is 5.32 Å². The third-order valence-corrected chi connectivity index (χ3v) is 10.5. The molecule has 5 N–H and O–H groups in total. The van der Waals surface area contributed by atoms with Gasteiger partial charge in [-0.05, 0) is 61.9 Å². The van der Waals surface area contributed by atoms with E-state index in [-0.39, 0.29) is 55.0 Å². The number of carbonyl (C=O) groups excluding carboxylic acids is 6. The Hall–Kier alpha value is -3.41. The Morgan fingerprint density at radius 1 is 1.07 bits per heavy atom. The minimum absolute atomic E-state index is 0.00664. The number of carboxylic acid groups (broad SMARTS) is 1. The molecule has 0 radical (unpaired) electrons. The first-order valence-electron chi connectivity index (χ1n) is 14.6. The molecule has 0 spiro atoms. The Morgan fingerprint density at radius 3 is 2.45 bits per heavy atom. The first-order chi connectivity index (χ1) is 19.6. The standard InChI is InChI=1S/C30H40N2O10/c1-28-11-9-17(33)13-16(28)3-4-18-19-10-12-30(41,29(19,2)14-21(34)26(18)28)22(35)15-42-25(38)8-7-24(37)32-20(27(39)40)5-6-23(31)36/h13,18-20,26,41H,3-12,14-15H2,1-2H3,(H2,31,36)(H,32,37)(H,39,40)/t18-,19+,20+,26+,28+,29+,30+/m1/s1. The number of ketones is 3. The number of Topliss-reactive ketones (excluding diaryl/α,β-unsaturated/α-hetero) is 2. The summed E-state index contributed by atoms with van der Waals surface area (Å²) in [5.74, 6) is -4.67. The first-order valence-corrected chi connectivity index (χ1v) is 14.6. The van der Waals surface area contributed by atoms with Gasteiger partial charge in [-0.15, -0.1) is 0 Å². The second kappa shape index (κ2) is 11.7. The Morgan fingerprint density at radius 2 is 1.79 bits per heavy atom. The zero-order chi connectivity index (χ0) is 31.0. The molecule has 0 heterocycles. The fourth-order valence-corrected chi connectivity index (χ4v) is 8.21. The maximum absolute atomic E-state index is 13.7. The molecule has 0 unspecified atom stereocenters. The SMILES string of the molecule is C[C@]12CCC(=O)C=C1CC[C@H]1[C@H]2C(=O)C[C@@]2(C)[C@H]1CC[C@]2(O)C(=O)COC(=O)CCC(=O)N[C@@H](CCC(N)=O)C(=O)O. The number of allylic oxidation sites excluding steroid dienone is 1. The zero-order valence-corrected chi connectivity index (χ0v) is 24.1. The molecule has 0 saturated heterocycles. The van der Waals surface area contributed by atoms with Gasteiger partial charge >= 0.3 is 11.9 Å². The molecular weight excluding hydrogens is 548 g/mol. The molecule has 2 amide bonds. The van der Waals surface area contributed by atoms with E-state index < -0.39 is 71.5 Å². The van der Waals surface area contributed by atoms with Gasteiger partial charge in [-0.3, -0.25) is 28.8 Å². The van der Waals surface area contributed by atoms with Crippen LogP contribution in [0.4, 0.5) is 0 Å². The largest absolute Gasteiger partial charge is 0.480 e. The van der Waals surface area contributed by atoms with Gasteiger partial charge < -0.3 is 26.0 Å². The van der Waals surface area contributed by atoms with E-state index in [4.69, 9.17) is 10.5 Å². The summed E-state index contributed by atoms with van der Waals surface area (Å²) in [4.78, 5) is 85.7. The molecule has 0 aromatic heterocycles. The van der Waals surface area contributed by atoms with Gasteiger partial charge in [0, 0.05) is 37.0 Å². The zero-order valence-electron chi connectivity index (χ0n) is 24.1. The van der Waals surface area contributed by atoms with Gasteiger partial charge in [-0.1, -0.05) is 19.4 Å². The van der Waals surface area contributed by atoms with Crippen molar-refractivity contribution in [1.29, 1.82) is 0 Å². The Bertz CT molecular complexity index is 1240. The molecule has 4 aliphatic carbocycles. The number of nitrogens with two attached hydrogens (primary N) is 1. The summed E-state index contributed by atoms with van der Waals surface area (Å²) < 4.78 is 5.09. The lowest BCUT2D eigenvalue weighted by Crippen LogP contribution is -2.61. The molecule has 0 bridgehead atoms. The minimum atomic E-state index is -1.86. The molecular formula is C30H40N2O10. The van der Waals surface area contributed by atoms with Crippen molar-refractivity contribution >= 4 is 41.1 Å². The van der Waals surface area contributed by atoms with Crippen molar-refractivity contribution in [2.75, 3.05) is 6.61 Å². The first kappa shape index (κ1) is 31.5. The minimum Gasteiger partial charge on any atom is -0.480 e. The predicted molar refractivity (Wildman–Crippen MR) is 145 cm³/mol. The van der Waals surface area contributed by atoms with E-state index in [9.17, 15) is 43.8 Å². The summed E-state index contributed by atoms with van der Waals surface area (Å²) in [6.07, 6.45) is 3.59. The van der Waals surface area contributed by atoms with Crippen LogP contribution in [0.2, 0.25) is 0 Å². The van der Waals surface area contributed by atoms with Gasteiger partial charge in [0.15, 0.2) is 12.4 Å². The second-order valence-electron chi connectivity index (χ2n) is 12.8. The van der Waals surface area contributed by atoms with Crippen LogP contribution in [0.25, 0.3) is 0 Å². The van der Waals surface area contributed by atoms with E-state index >= 15 is 0 Å². The van der Waals surface area contributed by atoms with Crippen LogP contribution in [0, 0.1) is 28.6 Å². The van der Waals surface area contributed by atoms with Crippen molar-refractivity contribution in [3.63, 3.8) is 0 Å². The monoisotopic (exact) mass is 588 g/mol. The molecule has 12 heteroatoms. The lowest BCUT2D eigenvalue weighted by molar-refractivity contribution is -0.173. The number of aliphatic carboxylic acids is 1. The number of hydrogen-bond acceptors (Lipinski definition) is 9. The summed E-state index contributed by atoms with van der Waals surface area (Å²) in [7, 11) is 0. The molecule has 0 aliphatic heterocycles. The molecule has 0 aromatic rings. The fraction of sp³-hybridized carbons (Fsp3) is 0.700. The third kappa shape index (κ3) is 5.65. The van der Waals surface area contributed by atoms with E-state index in [1.165, 1.54) is 0 Å². The molecule has 42 heavy (non-hydrogen) atoms. The summed E-state index contributed by atoms with van der Waals surface area (Å²) in [6.45, 7) is 3.13. The van der Waals surface area contributed by atoms with Crippen LogP contribution in [0.1, 0.15) is 84.5 Å². The number of ether oxygens (including phenoxy) is 1. The highest BCUT2D eigenvalue weighted by atomic mass is 16.5. The number of esters is 1. The number of amides is 2. The van der Waals surface area contributed by atoms with Crippen LogP contribution in [-0.2, 0) is 38.3 Å². The third-order valence-electron chi connectivity index (χ3n) is 10.5. The van der Waals surface area contributed by atoms with Gasteiger partial charge in [-0.2, -0.15) is 0 Å². The highest BCUT2D eigenvalue weighted by Gasteiger charge is 2.68. The second-order valence-corrected chi connectivity index (χ2v) is 12.8. The lowest BCUT2D eigenvalue weighted by atomic mass is 9.46. The van der Waals surface area contributed by atoms with Crippen LogP contribution in [0.15, 0.2) is 11.6 Å². The number of nitrogens with one attached hydrogen (secondary N) is 1. The summed E-state index contributed by atoms with van der Waals surface area (Å²) >= 11 is 0. The van der Waals surface area contributed by atoms with Crippen molar-refractivity contribution < 1.29 is 48.5 Å². The molecule has 3 fully saturated rings. The smallest absolute Gasteiger partial charge is 0.326 e. The summed E-state index contributed by atoms with van der Waals surface area (Å²) in [5, 5.41) is 23.1. The van der Waals surface area contributed by atoms with Crippen molar-refractivity contribution in [3.05, 3.63) is 11.6 Å². The van der Waals surface area contributed by atoms with Gasteiger partial charge in [0.05, 0.1) is 6.42 Å². The number of carbonyl (C=O) groups is 7. The number of hydrogen-bond donors (Lipinski definition) is 4. The average molecular weight is 589 g/mol. The maximum atomic E-state index is 13.7. The normalized spacial score (nSPS) is 34.3. The highest BCUT2D eigenvalue weighted by molar-refractivity contribution is 5.95. The molecule has 4 aliphatic rings. The molecule has 0 aromatic carbocycles. The van der Waals surface area contributed by atoms with Crippen LogP contribution in [0.3, 0.4) is 0 Å². The van der Waals surface area contributed by atoms with Crippen molar-refractivity contribution in [2.24, 2.45) is 34.3 Å². The number of fused-ring (bicyclic) bond motifs is 5. The number of rotatable bonds is 11. The van der Waals surface area contributed by atoms with Gasteiger partial charge in [0.2, 0.25) is 17.6 Å². The quantitative estimate of drug-likeness (QED) is 0.253. The fourth-order valence-electron chi connectivity index (χ4n) is 8.21. The Balaban J connectivity index is 1.35. The van der Waals surface area contributed by atoms with E-state index in [2.05, 4.69) is 12.2 Å². The van der Waals surface area contributed by atoms with E-state index in [1.807, 2.05) is 0 Å². The predicted octanol–water partition coefficient (Wildman–Crippen LogP) is 1.16. The van der Waals surface area contributed by atoms with E-state index in [0.29, 0.717) is 32.1 Å². The van der Waals surface area contributed by atoms with Crippen LogP contribution >= 0.6 is 0 Å². The molecule has 7 atom stereocenters.